The van der Waals surface area contributed by atoms with Gasteiger partial charge in [-0.1, -0.05) is 12.1 Å². The van der Waals surface area contributed by atoms with Crippen molar-refractivity contribution < 1.29 is 29.9 Å². The number of para-hydroxylation sites is 1. The van der Waals surface area contributed by atoms with E-state index in [9.17, 15) is 24.7 Å². The zero-order valence-electron chi connectivity index (χ0n) is 15.9. The number of nitrogens with one attached hydrogen (secondary N) is 3. The summed E-state index contributed by atoms with van der Waals surface area (Å²) in [4.78, 5) is 27.6. The fourth-order valence-electron chi connectivity index (χ4n) is 2.76. The smallest absolute Gasteiger partial charge is 0.475 e. The molecule has 0 aliphatic carbocycles. The van der Waals surface area contributed by atoms with Crippen molar-refractivity contribution in [1.82, 2.24) is 15.6 Å². The van der Waals surface area contributed by atoms with Gasteiger partial charge in [-0.15, -0.1) is 0 Å². The van der Waals surface area contributed by atoms with Gasteiger partial charge < -0.3 is 36.6 Å². The van der Waals surface area contributed by atoms with Crippen molar-refractivity contribution in [1.29, 1.82) is 5.41 Å². The summed E-state index contributed by atoms with van der Waals surface area (Å²) >= 11 is 0. The number of nitrogens with two attached hydrogens (primary N) is 1. The zero-order chi connectivity index (χ0) is 22.3. The molecule has 12 heteroatoms. The second-order valence-electron chi connectivity index (χ2n) is 6.51. The van der Waals surface area contributed by atoms with Gasteiger partial charge in [0.2, 0.25) is 5.91 Å². The Morgan fingerprint density at radius 2 is 2.00 bits per heavy atom. The van der Waals surface area contributed by atoms with E-state index >= 15 is 0 Å². The second-order valence-corrected chi connectivity index (χ2v) is 6.51. The molecule has 2 rings (SSSR count). The molecule has 0 saturated heterocycles. The Bertz CT molecular complexity index is 939. The minimum Gasteiger partial charge on any atom is -0.507 e. The number of carboxylic acid groups (broad SMARTS) is 1. The van der Waals surface area contributed by atoms with Crippen LogP contribution in [0.15, 0.2) is 36.5 Å². The lowest BCUT2D eigenvalue weighted by Gasteiger charge is -2.19. The number of guanidine groups is 1. The van der Waals surface area contributed by atoms with E-state index in [4.69, 9.17) is 16.2 Å². The molecule has 158 valence electrons. The number of nitrogens with zero attached hydrogens (tertiary/aromatic N) is 1. The lowest BCUT2D eigenvalue weighted by atomic mass is 9.75. The number of pyridine rings is 1. The van der Waals surface area contributed by atoms with Crippen LogP contribution in [0, 0.1) is 5.41 Å². The van der Waals surface area contributed by atoms with Crippen LogP contribution >= 0.6 is 0 Å². The van der Waals surface area contributed by atoms with E-state index in [1.54, 1.807) is 12.1 Å². The van der Waals surface area contributed by atoms with Gasteiger partial charge in [-0.3, -0.25) is 15.2 Å². The summed E-state index contributed by atoms with van der Waals surface area (Å²) in [5, 5.41) is 50.6. The number of aromatic nitrogens is 1. The normalized spacial score (nSPS) is 11.4. The van der Waals surface area contributed by atoms with Crippen LogP contribution in [0.4, 0.5) is 0 Å². The average molecular weight is 415 g/mol. The van der Waals surface area contributed by atoms with Crippen LogP contribution in [0.3, 0.4) is 0 Å². The van der Waals surface area contributed by atoms with Crippen LogP contribution in [-0.4, -0.2) is 56.1 Å². The number of benzene rings is 1. The van der Waals surface area contributed by atoms with E-state index in [2.05, 4.69) is 15.6 Å². The number of aromatic carboxylic acids is 1. The standard InChI is InChI=1S/C18H22BN5O6/c20-18(21)23-9-12-6-10(4-5-22-12)7-15(25)24-14(19(29)30)8-11-2-1-3-13(16(11)26)17(27)28/h1-6,14,26,29-30H,7-9H2,(H,24,25)(H,27,28)(H4,20,21,23)/t14-/m0/s1. The van der Waals surface area contributed by atoms with E-state index in [1.807, 2.05) is 0 Å². The summed E-state index contributed by atoms with van der Waals surface area (Å²) in [5.41, 5.74) is 6.21. The summed E-state index contributed by atoms with van der Waals surface area (Å²) in [6, 6.07) is 7.31. The second kappa shape index (κ2) is 10.2. The van der Waals surface area contributed by atoms with Crippen LogP contribution in [0.25, 0.3) is 0 Å². The molecule has 1 aromatic heterocycles. The van der Waals surface area contributed by atoms with E-state index in [1.165, 1.54) is 24.4 Å². The molecule has 1 atom stereocenters. The minimum absolute atomic E-state index is 0.0834. The molecule has 11 nitrogen and oxygen atoms in total. The summed E-state index contributed by atoms with van der Waals surface area (Å²) in [7, 11) is -1.94. The summed E-state index contributed by atoms with van der Waals surface area (Å²) in [6.07, 6.45) is 1.22. The molecule has 0 saturated carbocycles. The Balaban J connectivity index is 2.06. The maximum absolute atomic E-state index is 12.4. The molecule has 9 N–H and O–H groups in total. The number of hydrogen-bond donors (Lipinski definition) is 8. The monoisotopic (exact) mass is 415 g/mol. The van der Waals surface area contributed by atoms with Crippen LogP contribution < -0.4 is 16.4 Å². The quantitative estimate of drug-likeness (QED) is 0.140. The largest absolute Gasteiger partial charge is 0.507 e. The molecule has 2 aromatic rings. The third kappa shape index (κ3) is 6.46. The van der Waals surface area contributed by atoms with Gasteiger partial charge in [-0.05, 0) is 35.7 Å². The number of rotatable bonds is 9. The van der Waals surface area contributed by atoms with Gasteiger partial charge in [-0.25, -0.2) is 4.79 Å². The van der Waals surface area contributed by atoms with E-state index < -0.39 is 30.7 Å². The lowest BCUT2D eigenvalue weighted by Crippen LogP contribution is -2.48. The average Bonchev–Trinajstić information content (AvgIpc) is 2.67. The first kappa shape index (κ1) is 22.7. The maximum atomic E-state index is 12.4. The molecular formula is C18H22BN5O6. The van der Waals surface area contributed by atoms with Crippen LogP contribution in [0.5, 0.6) is 5.75 Å². The van der Waals surface area contributed by atoms with E-state index in [0.29, 0.717) is 11.3 Å². The topological polar surface area (TPSA) is 202 Å². The number of carbonyl (C=O) groups excluding carboxylic acids is 1. The van der Waals surface area contributed by atoms with E-state index in [0.717, 1.165) is 0 Å². The highest BCUT2D eigenvalue weighted by Gasteiger charge is 2.27. The van der Waals surface area contributed by atoms with Crippen LogP contribution in [0.1, 0.15) is 27.2 Å². The molecular weight excluding hydrogens is 393 g/mol. The summed E-state index contributed by atoms with van der Waals surface area (Å²) < 4.78 is 0. The lowest BCUT2D eigenvalue weighted by molar-refractivity contribution is -0.120. The molecule has 1 amide bonds. The summed E-state index contributed by atoms with van der Waals surface area (Å²) in [6.45, 7) is 0.210. The van der Waals surface area contributed by atoms with E-state index in [-0.39, 0.29) is 36.5 Å². The van der Waals surface area contributed by atoms with Crippen molar-refractivity contribution in [3.8, 4) is 5.75 Å². The maximum Gasteiger partial charge on any atom is 0.475 e. The van der Waals surface area contributed by atoms with Crippen molar-refractivity contribution in [2.24, 2.45) is 5.73 Å². The number of phenols is 1. The summed E-state index contributed by atoms with van der Waals surface area (Å²) in [5.74, 6) is -3.73. The molecule has 0 bridgehead atoms. The molecule has 0 radical (unpaired) electrons. The van der Waals surface area contributed by atoms with Crippen molar-refractivity contribution >= 4 is 25.0 Å². The first-order valence-electron chi connectivity index (χ1n) is 8.88. The fraction of sp³-hybridized carbons (Fsp3) is 0.222. The van der Waals surface area contributed by atoms with Crippen LogP contribution in [0.2, 0.25) is 0 Å². The Morgan fingerprint density at radius 1 is 1.27 bits per heavy atom. The van der Waals surface area contributed by atoms with Gasteiger partial charge in [0.1, 0.15) is 11.3 Å². The molecule has 0 spiro atoms. The van der Waals surface area contributed by atoms with Crippen molar-refractivity contribution in [2.75, 3.05) is 0 Å². The number of hydrogen-bond acceptors (Lipinski definition) is 7. The Morgan fingerprint density at radius 3 is 2.63 bits per heavy atom. The van der Waals surface area contributed by atoms with Gasteiger partial charge in [0, 0.05) is 6.20 Å². The van der Waals surface area contributed by atoms with Gasteiger partial charge in [0.05, 0.1) is 24.6 Å². The predicted molar refractivity (Wildman–Crippen MR) is 108 cm³/mol. The Labute approximate surface area is 172 Å². The van der Waals surface area contributed by atoms with Gasteiger partial charge in [-0.2, -0.15) is 0 Å². The molecule has 0 aliphatic rings. The third-order valence-electron chi connectivity index (χ3n) is 4.20. The zero-order valence-corrected chi connectivity index (χ0v) is 15.9. The first-order chi connectivity index (χ1) is 14.2. The highest BCUT2D eigenvalue weighted by Crippen LogP contribution is 2.24. The number of carbonyl (C=O) groups is 2. The highest BCUT2D eigenvalue weighted by atomic mass is 16.4. The number of aromatic hydroxyl groups is 1. The van der Waals surface area contributed by atoms with Crippen LogP contribution in [-0.2, 0) is 24.2 Å². The van der Waals surface area contributed by atoms with Crippen molar-refractivity contribution in [3.05, 3.63) is 58.9 Å². The Kier molecular flexibility index (Phi) is 7.72. The van der Waals surface area contributed by atoms with Crippen molar-refractivity contribution in [3.63, 3.8) is 0 Å². The Hall–Kier alpha value is -3.64. The number of carboxylic acids is 1. The number of amides is 1. The molecule has 0 fully saturated rings. The van der Waals surface area contributed by atoms with Crippen molar-refractivity contribution in [2.45, 2.75) is 25.3 Å². The molecule has 1 heterocycles. The first-order valence-corrected chi connectivity index (χ1v) is 8.88. The molecule has 0 aliphatic heterocycles. The minimum atomic E-state index is -1.94. The molecule has 0 unspecified atom stereocenters. The van der Waals surface area contributed by atoms with Gasteiger partial charge in [0.15, 0.2) is 5.96 Å². The molecule has 1 aromatic carbocycles. The highest BCUT2D eigenvalue weighted by molar-refractivity contribution is 6.43. The molecule has 30 heavy (non-hydrogen) atoms. The van der Waals surface area contributed by atoms with Gasteiger partial charge in [0.25, 0.3) is 0 Å². The fourth-order valence-corrected chi connectivity index (χ4v) is 2.76. The third-order valence-corrected chi connectivity index (χ3v) is 4.20. The van der Waals surface area contributed by atoms with Gasteiger partial charge >= 0.3 is 13.1 Å². The SMILES string of the molecule is N=C(N)NCc1cc(CC(=O)N[C@@H](Cc2cccc(C(=O)O)c2O)B(O)O)ccn1. The predicted octanol–water partition coefficient (Wildman–Crippen LogP) is -1.25.